The van der Waals surface area contributed by atoms with Gasteiger partial charge in [-0.1, -0.05) is 6.07 Å². The molecular formula is C21H22N6O4. The highest BCUT2D eigenvalue weighted by atomic mass is 16.6. The molecule has 1 fully saturated rings. The number of rotatable bonds is 5. The van der Waals surface area contributed by atoms with Gasteiger partial charge in [-0.25, -0.2) is 4.79 Å². The first kappa shape index (κ1) is 21.7. The Morgan fingerprint density at radius 3 is 2.52 bits per heavy atom. The van der Waals surface area contributed by atoms with Gasteiger partial charge in [0.05, 0.1) is 17.7 Å². The summed E-state index contributed by atoms with van der Waals surface area (Å²) in [5, 5.41) is 29.5. The Kier molecular flexibility index (Phi) is 6.45. The average molecular weight is 422 g/mol. The van der Waals surface area contributed by atoms with Crippen molar-refractivity contribution in [3.63, 3.8) is 0 Å². The lowest BCUT2D eigenvalue weighted by Gasteiger charge is -2.36. The number of carbonyl (C=O) groups excluding carboxylic acids is 1. The first-order chi connectivity index (χ1) is 14.8. The summed E-state index contributed by atoms with van der Waals surface area (Å²) < 4.78 is 4.54. The van der Waals surface area contributed by atoms with Crippen molar-refractivity contribution in [1.29, 1.82) is 5.26 Å². The second-order valence-electron chi connectivity index (χ2n) is 7.06. The average Bonchev–Trinajstić information content (AvgIpc) is 2.79. The Labute approximate surface area is 179 Å². The van der Waals surface area contributed by atoms with E-state index in [0.29, 0.717) is 48.8 Å². The van der Waals surface area contributed by atoms with E-state index < -0.39 is 10.9 Å². The van der Waals surface area contributed by atoms with Gasteiger partial charge >= 0.3 is 5.97 Å². The molecule has 0 atom stereocenters. The third-order valence-electron chi connectivity index (χ3n) is 5.28. The van der Waals surface area contributed by atoms with Crippen LogP contribution in [0, 0.1) is 35.3 Å². The molecule has 0 N–H and O–H groups in total. The van der Waals surface area contributed by atoms with Crippen LogP contribution in [0.2, 0.25) is 0 Å². The van der Waals surface area contributed by atoms with Crippen LogP contribution < -0.4 is 9.80 Å². The number of benzene rings is 1. The summed E-state index contributed by atoms with van der Waals surface area (Å²) in [6, 6.07) is 7.05. The fourth-order valence-corrected chi connectivity index (χ4v) is 3.40. The molecule has 3 rings (SSSR count). The number of esters is 1. The van der Waals surface area contributed by atoms with Crippen molar-refractivity contribution in [3.8, 4) is 6.07 Å². The van der Waals surface area contributed by atoms with Gasteiger partial charge in [-0.05, 0) is 37.1 Å². The highest BCUT2D eigenvalue weighted by Gasteiger charge is 2.26. The van der Waals surface area contributed by atoms with Crippen LogP contribution in [0.4, 0.5) is 17.2 Å². The summed E-state index contributed by atoms with van der Waals surface area (Å²) in [4.78, 5) is 26.4. The number of nitro groups is 1. The molecule has 0 spiro atoms. The molecule has 1 aliphatic heterocycles. The number of aromatic nitrogens is 2. The zero-order valence-electron chi connectivity index (χ0n) is 17.5. The minimum Gasteiger partial charge on any atom is -0.466 e. The topological polar surface area (TPSA) is 125 Å². The monoisotopic (exact) mass is 422 g/mol. The second-order valence-corrected chi connectivity index (χ2v) is 7.06. The van der Waals surface area contributed by atoms with Gasteiger partial charge in [-0.15, -0.1) is 5.10 Å². The fourth-order valence-electron chi connectivity index (χ4n) is 3.40. The summed E-state index contributed by atoms with van der Waals surface area (Å²) in [5.41, 5.74) is 3.03. The first-order valence-corrected chi connectivity index (χ1v) is 9.64. The maximum absolute atomic E-state index is 11.6. The molecule has 0 radical (unpaired) electrons. The van der Waals surface area contributed by atoms with E-state index in [0.717, 1.165) is 11.3 Å². The van der Waals surface area contributed by atoms with E-state index in [1.165, 1.54) is 25.3 Å². The molecule has 10 nitrogen and oxygen atoms in total. The lowest BCUT2D eigenvalue weighted by atomic mass is 10.1. The van der Waals surface area contributed by atoms with Gasteiger partial charge < -0.3 is 14.5 Å². The Morgan fingerprint density at radius 1 is 1.23 bits per heavy atom. The SMILES string of the molecule is COC(=O)/C=C/c1ccc(N2CCN(c3nnc(C)c(C)c3C#N)CC2)c([N+](=O)[O-])c1. The van der Waals surface area contributed by atoms with Crippen LogP contribution in [-0.4, -0.2) is 54.4 Å². The molecule has 0 bridgehead atoms. The third kappa shape index (κ3) is 4.61. The summed E-state index contributed by atoms with van der Waals surface area (Å²) in [6.45, 7) is 5.81. The number of nitrogens with zero attached hydrogens (tertiary/aromatic N) is 6. The van der Waals surface area contributed by atoms with Crippen LogP contribution in [0.1, 0.15) is 22.4 Å². The molecule has 1 saturated heterocycles. The molecule has 1 aromatic heterocycles. The largest absolute Gasteiger partial charge is 0.466 e. The van der Waals surface area contributed by atoms with Crippen LogP contribution in [0.25, 0.3) is 6.08 Å². The van der Waals surface area contributed by atoms with Crippen LogP contribution >= 0.6 is 0 Å². The number of carbonyl (C=O) groups is 1. The van der Waals surface area contributed by atoms with Gasteiger partial charge in [-0.2, -0.15) is 10.4 Å². The van der Waals surface area contributed by atoms with E-state index in [9.17, 15) is 20.2 Å². The molecule has 10 heteroatoms. The van der Waals surface area contributed by atoms with Crippen molar-refractivity contribution in [3.05, 3.63) is 56.8 Å². The van der Waals surface area contributed by atoms with Crippen molar-refractivity contribution in [2.24, 2.45) is 0 Å². The van der Waals surface area contributed by atoms with E-state index in [1.54, 1.807) is 12.1 Å². The number of hydrogen-bond acceptors (Lipinski definition) is 9. The smallest absolute Gasteiger partial charge is 0.330 e. The molecule has 0 amide bonds. The van der Waals surface area contributed by atoms with E-state index in [1.807, 2.05) is 23.6 Å². The second kappa shape index (κ2) is 9.21. The Morgan fingerprint density at radius 2 is 1.90 bits per heavy atom. The molecule has 31 heavy (non-hydrogen) atoms. The number of anilines is 2. The van der Waals surface area contributed by atoms with Crippen molar-refractivity contribution < 1.29 is 14.5 Å². The summed E-state index contributed by atoms with van der Waals surface area (Å²) in [6.07, 6.45) is 2.69. The van der Waals surface area contributed by atoms with Gasteiger partial charge in [-0.3, -0.25) is 10.1 Å². The van der Waals surface area contributed by atoms with Crippen molar-refractivity contribution in [1.82, 2.24) is 10.2 Å². The van der Waals surface area contributed by atoms with Gasteiger partial charge in [0, 0.05) is 38.3 Å². The van der Waals surface area contributed by atoms with Gasteiger partial charge in [0.1, 0.15) is 17.3 Å². The highest BCUT2D eigenvalue weighted by molar-refractivity contribution is 5.87. The number of nitriles is 1. The Bertz CT molecular complexity index is 1080. The van der Waals surface area contributed by atoms with Gasteiger partial charge in [0.2, 0.25) is 0 Å². The van der Waals surface area contributed by atoms with E-state index in [4.69, 9.17) is 0 Å². The van der Waals surface area contributed by atoms with E-state index in [2.05, 4.69) is 21.0 Å². The molecular weight excluding hydrogens is 400 g/mol. The van der Waals surface area contributed by atoms with Crippen molar-refractivity contribution in [2.45, 2.75) is 13.8 Å². The zero-order chi connectivity index (χ0) is 22.5. The number of nitro benzene ring substituents is 1. The molecule has 2 heterocycles. The number of piperazine rings is 1. The first-order valence-electron chi connectivity index (χ1n) is 9.64. The summed E-state index contributed by atoms with van der Waals surface area (Å²) >= 11 is 0. The normalized spacial score (nSPS) is 13.9. The highest BCUT2D eigenvalue weighted by Crippen LogP contribution is 2.31. The molecule has 0 aliphatic carbocycles. The molecule has 160 valence electrons. The van der Waals surface area contributed by atoms with E-state index >= 15 is 0 Å². The zero-order valence-corrected chi connectivity index (χ0v) is 17.5. The Balaban J connectivity index is 1.80. The number of ether oxygens (including phenoxy) is 1. The summed E-state index contributed by atoms with van der Waals surface area (Å²) in [7, 11) is 1.26. The lowest BCUT2D eigenvalue weighted by Crippen LogP contribution is -2.47. The molecule has 1 aliphatic rings. The maximum atomic E-state index is 11.6. The lowest BCUT2D eigenvalue weighted by molar-refractivity contribution is -0.384. The quantitative estimate of drug-likeness (QED) is 0.309. The summed E-state index contributed by atoms with van der Waals surface area (Å²) in [5.74, 6) is 0.0112. The predicted octanol–water partition coefficient (Wildman–Crippen LogP) is 2.39. The van der Waals surface area contributed by atoms with Crippen molar-refractivity contribution >= 4 is 29.2 Å². The molecule has 1 aromatic carbocycles. The molecule has 0 saturated carbocycles. The predicted molar refractivity (Wildman–Crippen MR) is 115 cm³/mol. The Hall–Kier alpha value is -4.00. The number of aryl methyl sites for hydroxylation is 1. The maximum Gasteiger partial charge on any atom is 0.330 e. The van der Waals surface area contributed by atoms with Crippen LogP contribution in [0.15, 0.2) is 24.3 Å². The molecule has 0 unspecified atom stereocenters. The number of methoxy groups -OCH3 is 1. The standard InChI is InChI=1S/C21H22N6O4/c1-14-15(2)23-24-21(17(14)13-22)26-10-8-25(9-11-26)18-6-4-16(5-7-20(28)31-3)12-19(18)27(29)30/h4-7,12H,8-11H2,1-3H3/b7-5+. The van der Waals surface area contributed by atoms with Gasteiger partial charge in [0.25, 0.3) is 5.69 Å². The minimum atomic E-state index is -0.533. The van der Waals surface area contributed by atoms with Crippen molar-refractivity contribution in [2.75, 3.05) is 43.1 Å². The van der Waals surface area contributed by atoms with Gasteiger partial charge in [0.15, 0.2) is 5.82 Å². The van der Waals surface area contributed by atoms with Crippen LogP contribution in [-0.2, 0) is 9.53 Å². The van der Waals surface area contributed by atoms with E-state index in [-0.39, 0.29) is 5.69 Å². The fraction of sp³-hybridized carbons (Fsp3) is 0.333. The van der Waals surface area contributed by atoms with Crippen LogP contribution in [0.5, 0.6) is 0 Å². The molecule has 2 aromatic rings. The van der Waals surface area contributed by atoms with Crippen LogP contribution in [0.3, 0.4) is 0 Å². The third-order valence-corrected chi connectivity index (χ3v) is 5.28. The number of hydrogen-bond donors (Lipinski definition) is 0. The minimum absolute atomic E-state index is 0.0378.